The third-order valence-electron chi connectivity index (χ3n) is 3.34. The molecule has 0 radical (unpaired) electrons. The van der Waals surface area contributed by atoms with E-state index >= 15 is 0 Å². The fourth-order valence-electron chi connectivity index (χ4n) is 2.26. The smallest absolute Gasteiger partial charge is 0.102 e. The highest BCUT2D eigenvalue weighted by atomic mass is 16.3. The summed E-state index contributed by atoms with van der Waals surface area (Å²) in [6.45, 7) is 3.02. The average Bonchev–Trinajstić information content (AvgIpc) is 2.47. The molecule has 2 N–H and O–H groups in total. The zero-order valence-electron chi connectivity index (χ0n) is 11.7. The maximum Gasteiger partial charge on any atom is 0.102 e. The number of hydrogen-bond donors (Lipinski definition) is 2. The van der Waals surface area contributed by atoms with Gasteiger partial charge in [0.25, 0.3) is 0 Å². The van der Waals surface area contributed by atoms with E-state index in [1.807, 2.05) is 18.2 Å². The van der Waals surface area contributed by atoms with Gasteiger partial charge in [-0.3, -0.25) is 0 Å². The number of aliphatic hydroxyl groups excluding tert-OH is 1. The summed E-state index contributed by atoms with van der Waals surface area (Å²) in [5.74, 6) is 0.227. The van der Waals surface area contributed by atoms with Crippen LogP contribution in [0.1, 0.15) is 44.1 Å². The van der Waals surface area contributed by atoms with Gasteiger partial charge in [-0.05, 0) is 24.9 Å². The lowest BCUT2D eigenvalue weighted by Gasteiger charge is -2.23. The fraction of sp³-hybridized carbons (Fsp3) is 0.562. The highest BCUT2D eigenvalue weighted by molar-refractivity contribution is 5.23. The number of unbranched alkanes of at least 4 members (excludes halogenated alkanes) is 1. The molecule has 19 heavy (non-hydrogen) atoms. The molecule has 1 aromatic rings. The van der Waals surface area contributed by atoms with Crippen LogP contribution < -0.4 is 5.32 Å². The van der Waals surface area contributed by atoms with Crippen molar-refractivity contribution in [2.24, 2.45) is 0 Å². The Morgan fingerprint density at radius 1 is 1.26 bits per heavy atom. The number of nitrogens with zero attached hydrogens (tertiary/aromatic N) is 1. The highest BCUT2D eigenvalue weighted by Crippen LogP contribution is 2.25. The van der Waals surface area contributed by atoms with Gasteiger partial charge in [-0.25, -0.2) is 0 Å². The summed E-state index contributed by atoms with van der Waals surface area (Å²) in [6, 6.07) is 12.4. The molecule has 0 bridgehead atoms. The van der Waals surface area contributed by atoms with Crippen LogP contribution in [0.3, 0.4) is 0 Å². The molecule has 0 aromatic heterocycles. The van der Waals surface area contributed by atoms with Gasteiger partial charge >= 0.3 is 0 Å². The Morgan fingerprint density at radius 3 is 2.58 bits per heavy atom. The van der Waals surface area contributed by atoms with Crippen LogP contribution in [0.5, 0.6) is 0 Å². The molecule has 2 unspecified atom stereocenters. The molecule has 2 atom stereocenters. The molecule has 0 aliphatic heterocycles. The first-order valence-electron chi connectivity index (χ1n) is 7.12. The van der Waals surface area contributed by atoms with Crippen molar-refractivity contribution in [3.05, 3.63) is 35.9 Å². The summed E-state index contributed by atoms with van der Waals surface area (Å²) in [6.07, 6.45) is 3.97. The molecule has 0 spiro atoms. The molecule has 104 valence electrons. The van der Waals surface area contributed by atoms with Crippen molar-refractivity contribution in [2.45, 2.75) is 44.6 Å². The Kier molecular flexibility index (Phi) is 7.88. The minimum atomic E-state index is -0.180. The molecule has 1 aromatic carbocycles. The van der Waals surface area contributed by atoms with Crippen molar-refractivity contribution < 1.29 is 5.11 Å². The lowest BCUT2D eigenvalue weighted by molar-refractivity contribution is 0.283. The standard InChI is InChI=1S/C16H24N2O/c1-2-3-10-15(14-8-5-4-6-9-14)16(13-17)18-11-7-12-19/h4-6,8-9,15-16,18-19H,2-3,7,10-12H2,1H3. The van der Waals surface area contributed by atoms with Crippen LogP contribution in [0.2, 0.25) is 0 Å². The fourth-order valence-corrected chi connectivity index (χ4v) is 2.26. The monoisotopic (exact) mass is 260 g/mol. The van der Waals surface area contributed by atoms with Gasteiger partial charge in [0.05, 0.1) is 6.07 Å². The molecule has 0 aliphatic carbocycles. The van der Waals surface area contributed by atoms with E-state index in [0.717, 1.165) is 19.3 Å². The first-order chi connectivity index (χ1) is 9.33. The number of hydrogen-bond acceptors (Lipinski definition) is 3. The molecule has 1 rings (SSSR count). The van der Waals surface area contributed by atoms with Crippen LogP contribution in [-0.4, -0.2) is 24.3 Å². The zero-order chi connectivity index (χ0) is 13.9. The van der Waals surface area contributed by atoms with Crippen molar-refractivity contribution in [3.63, 3.8) is 0 Å². The normalized spacial score (nSPS) is 13.7. The lowest BCUT2D eigenvalue weighted by atomic mass is 9.87. The predicted molar refractivity (Wildman–Crippen MR) is 77.8 cm³/mol. The van der Waals surface area contributed by atoms with Crippen molar-refractivity contribution in [3.8, 4) is 6.07 Å². The van der Waals surface area contributed by atoms with Crippen molar-refractivity contribution in [1.82, 2.24) is 5.32 Å². The van der Waals surface area contributed by atoms with Crippen LogP contribution in [-0.2, 0) is 0 Å². The van der Waals surface area contributed by atoms with Gasteiger partial charge < -0.3 is 10.4 Å². The van der Waals surface area contributed by atoms with E-state index in [1.165, 1.54) is 5.56 Å². The van der Waals surface area contributed by atoms with E-state index in [2.05, 4.69) is 30.4 Å². The maximum atomic E-state index is 9.38. The minimum absolute atomic E-state index is 0.163. The van der Waals surface area contributed by atoms with Gasteiger partial charge in [0.2, 0.25) is 0 Å². The van der Waals surface area contributed by atoms with Gasteiger partial charge in [-0.2, -0.15) is 5.26 Å². The summed E-state index contributed by atoms with van der Waals surface area (Å²) in [4.78, 5) is 0. The van der Waals surface area contributed by atoms with E-state index in [1.54, 1.807) is 0 Å². The molecule has 3 heteroatoms. The van der Waals surface area contributed by atoms with Crippen molar-refractivity contribution >= 4 is 0 Å². The van der Waals surface area contributed by atoms with Gasteiger partial charge in [-0.15, -0.1) is 0 Å². The second kappa shape index (κ2) is 9.55. The number of aliphatic hydroxyl groups is 1. The quantitative estimate of drug-likeness (QED) is 0.671. The Labute approximate surface area is 116 Å². The van der Waals surface area contributed by atoms with E-state index in [4.69, 9.17) is 5.11 Å². The topological polar surface area (TPSA) is 56.0 Å². The molecule has 0 heterocycles. The summed E-state index contributed by atoms with van der Waals surface area (Å²) in [5.41, 5.74) is 1.22. The van der Waals surface area contributed by atoms with E-state index in [0.29, 0.717) is 13.0 Å². The van der Waals surface area contributed by atoms with Crippen LogP contribution >= 0.6 is 0 Å². The molecule has 0 amide bonds. The molecular formula is C16H24N2O. The lowest BCUT2D eigenvalue weighted by Crippen LogP contribution is -2.34. The van der Waals surface area contributed by atoms with E-state index in [9.17, 15) is 5.26 Å². The van der Waals surface area contributed by atoms with Crippen molar-refractivity contribution in [1.29, 1.82) is 5.26 Å². The Hall–Kier alpha value is -1.37. The first kappa shape index (κ1) is 15.7. The molecule has 0 fully saturated rings. The average molecular weight is 260 g/mol. The first-order valence-corrected chi connectivity index (χ1v) is 7.12. The predicted octanol–water partition coefficient (Wildman–Crippen LogP) is 2.82. The molecule has 0 aliphatic rings. The summed E-state index contributed by atoms with van der Waals surface area (Å²) < 4.78 is 0. The van der Waals surface area contributed by atoms with Crippen LogP contribution in [0.4, 0.5) is 0 Å². The maximum absolute atomic E-state index is 9.38. The third kappa shape index (κ3) is 5.42. The van der Waals surface area contributed by atoms with Gasteiger partial charge in [-0.1, -0.05) is 50.1 Å². The third-order valence-corrected chi connectivity index (χ3v) is 3.34. The molecule has 3 nitrogen and oxygen atoms in total. The molecular weight excluding hydrogens is 236 g/mol. The van der Waals surface area contributed by atoms with Crippen LogP contribution in [0.15, 0.2) is 30.3 Å². The Balaban J connectivity index is 2.73. The second-order valence-corrected chi connectivity index (χ2v) is 4.80. The zero-order valence-corrected chi connectivity index (χ0v) is 11.7. The number of nitriles is 1. The number of rotatable bonds is 9. The van der Waals surface area contributed by atoms with Gasteiger partial charge in [0.15, 0.2) is 0 Å². The second-order valence-electron chi connectivity index (χ2n) is 4.80. The largest absolute Gasteiger partial charge is 0.396 e. The summed E-state index contributed by atoms with van der Waals surface area (Å²) >= 11 is 0. The van der Waals surface area contributed by atoms with Crippen molar-refractivity contribution in [2.75, 3.05) is 13.2 Å². The van der Waals surface area contributed by atoms with Crippen LogP contribution in [0, 0.1) is 11.3 Å². The van der Waals surface area contributed by atoms with Gasteiger partial charge in [0.1, 0.15) is 6.04 Å². The van der Waals surface area contributed by atoms with Crippen LogP contribution in [0.25, 0.3) is 0 Å². The Bertz CT molecular complexity index is 372. The van der Waals surface area contributed by atoms with Gasteiger partial charge in [0, 0.05) is 12.5 Å². The van der Waals surface area contributed by atoms with E-state index < -0.39 is 0 Å². The Morgan fingerprint density at radius 2 is 2.00 bits per heavy atom. The molecule has 0 saturated carbocycles. The SMILES string of the molecule is CCCCC(c1ccccc1)C(C#N)NCCCO. The van der Waals surface area contributed by atoms with E-state index in [-0.39, 0.29) is 18.6 Å². The number of benzene rings is 1. The summed E-state index contributed by atoms with van der Waals surface area (Å²) in [5, 5.41) is 21.5. The highest BCUT2D eigenvalue weighted by Gasteiger charge is 2.21. The minimum Gasteiger partial charge on any atom is -0.396 e. The molecule has 0 saturated heterocycles. The summed E-state index contributed by atoms with van der Waals surface area (Å²) in [7, 11) is 0. The number of nitrogens with one attached hydrogen (secondary N) is 1.